The first-order valence-electron chi connectivity index (χ1n) is 11.0. The molecule has 0 saturated heterocycles. The first kappa shape index (κ1) is 23.3. The Kier molecular flexibility index (Phi) is 6.52. The van der Waals surface area contributed by atoms with E-state index in [4.69, 9.17) is 9.47 Å². The molecule has 0 radical (unpaired) electrons. The molecule has 3 aromatic carbocycles. The average Bonchev–Trinajstić information content (AvgIpc) is 3.21. The zero-order valence-electron chi connectivity index (χ0n) is 19.4. The minimum atomic E-state index is -1.24. The highest BCUT2D eigenvalue weighted by molar-refractivity contribution is 6.16. The van der Waals surface area contributed by atoms with Crippen LogP contribution in [0.15, 0.2) is 79.0 Å². The van der Waals surface area contributed by atoms with Gasteiger partial charge in [-0.1, -0.05) is 42.5 Å². The van der Waals surface area contributed by atoms with E-state index in [0.29, 0.717) is 23.4 Å². The number of methoxy groups -OCH3 is 1. The van der Waals surface area contributed by atoms with Gasteiger partial charge in [-0.15, -0.1) is 0 Å². The van der Waals surface area contributed by atoms with Crippen LogP contribution in [0.1, 0.15) is 40.9 Å². The lowest BCUT2D eigenvalue weighted by Gasteiger charge is -2.20. The van der Waals surface area contributed by atoms with E-state index in [1.165, 1.54) is 13.8 Å². The number of fused-ring (bicyclic) bond motifs is 1. The van der Waals surface area contributed by atoms with E-state index < -0.39 is 11.6 Å². The molecular formula is C28H27NO5. The first-order valence-corrected chi connectivity index (χ1v) is 11.0. The summed E-state index contributed by atoms with van der Waals surface area (Å²) in [6, 6.07) is 22.9. The Hall–Kier alpha value is -3.90. The molecule has 0 fully saturated rings. The van der Waals surface area contributed by atoms with Gasteiger partial charge in [-0.2, -0.15) is 0 Å². The summed E-state index contributed by atoms with van der Waals surface area (Å²) in [5, 5.41) is 10.1. The molecule has 1 N–H and O–H groups in total. The highest BCUT2D eigenvalue weighted by atomic mass is 16.5. The van der Waals surface area contributed by atoms with Crippen LogP contribution >= 0.6 is 0 Å². The Morgan fingerprint density at radius 2 is 1.56 bits per heavy atom. The Morgan fingerprint density at radius 3 is 2.21 bits per heavy atom. The molecule has 0 bridgehead atoms. The van der Waals surface area contributed by atoms with Crippen LogP contribution in [0.3, 0.4) is 0 Å². The summed E-state index contributed by atoms with van der Waals surface area (Å²) in [6.45, 7) is 3.88. The number of rotatable bonds is 9. The minimum Gasteiger partial charge on any atom is -0.497 e. The quantitative estimate of drug-likeness (QED) is 0.345. The Bertz CT molecular complexity index is 1320. The van der Waals surface area contributed by atoms with Gasteiger partial charge in [0.1, 0.15) is 5.75 Å². The summed E-state index contributed by atoms with van der Waals surface area (Å²) in [4.78, 5) is 24.5. The number of ketones is 1. The standard InChI is InChI=1S/C28H27NO5/c1-28(2,27(31)32)34-18-20-10-8-19(9-11-20)16-29-17-24(23-6-4-5-7-25(23)29)26(30)21-12-14-22(33-3)15-13-21/h4-15,17H,16,18H2,1-3H3,(H,31,32). The summed E-state index contributed by atoms with van der Waals surface area (Å²) >= 11 is 0. The Labute approximate surface area is 198 Å². The predicted octanol–water partition coefficient (Wildman–Crippen LogP) is 5.31. The van der Waals surface area contributed by atoms with Gasteiger partial charge in [0.2, 0.25) is 0 Å². The third-order valence-corrected chi connectivity index (χ3v) is 5.88. The molecule has 0 aliphatic carbocycles. The van der Waals surface area contributed by atoms with E-state index >= 15 is 0 Å². The molecule has 0 atom stereocenters. The maximum Gasteiger partial charge on any atom is 0.335 e. The fourth-order valence-corrected chi connectivity index (χ4v) is 3.72. The monoisotopic (exact) mass is 457 g/mol. The summed E-state index contributed by atoms with van der Waals surface area (Å²) in [6.07, 6.45) is 1.91. The van der Waals surface area contributed by atoms with Crippen molar-refractivity contribution in [3.63, 3.8) is 0 Å². The van der Waals surface area contributed by atoms with Gasteiger partial charge in [0.15, 0.2) is 11.4 Å². The molecule has 0 aliphatic rings. The zero-order chi connectivity index (χ0) is 24.3. The smallest absolute Gasteiger partial charge is 0.335 e. The molecule has 6 nitrogen and oxygen atoms in total. The van der Waals surface area contributed by atoms with Crippen LogP contribution < -0.4 is 4.74 Å². The van der Waals surface area contributed by atoms with Crippen LogP contribution in [-0.4, -0.2) is 34.1 Å². The molecule has 0 spiro atoms. The van der Waals surface area contributed by atoms with E-state index in [9.17, 15) is 14.7 Å². The molecule has 0 aliphatic heterocycles. The number of ether oxygens (including phenoxy) is 2. The van der Waals surface area contributed by atoms with Gasteiger partial charge in [-0.25, -0.2) is 4.79 Å². The lowest BCUT2D eigenvalue weighted by molar-refractivity contribution is -0.162. The van der Waals surface area contributed by atoms with Crippen LogP contribution in [-0.2, 0) is 22.7 Å². The van der Waals surface area contributed by atoms with Crippen molar-refractivity contribution < 1.29 is 24.2 Å². The van der Waals surface area contributed by atoms with Gasteiger partial charge in [0.25, 0.3) is 0 Å². The number of para-hydroxylation sites is 1. The molecule has 6 heteroatoms. The van der Waals surface area contributed by atoms with Crippen molar-refractivity contribution in [2.45, 2.75) is 32.6 Å². The van der Waals surface area contributed by atoms with Crippen molar-refractivity contribution in [2.24, 2.45) is 0 Å². The van der Waals surface area contributed by atoms with E-state index in [2.05, 4.69) is 4.57 Å². The average molecular weight is 458 g/mol. The topological polar surface area (TPSA) is 77.8 Å². The molecule has 4 aromatic rings. The second kappa shape index (κ2) is 9.53. The number of carbonyl (C=O) groups is 2. The molecule has 34 heavy (non-hydrogen) atoms. The van der Waals surface area contributed by atoms with Gasteiger partial charge in [-0.3, -0.25) is 4.79 Å². The zero-order valence-corrected chi connectivity index (χ0v) is 19.4. The van der Waals surface area contributed by atoms with Crippen LogP contribution in [0.25, 0.3) is 10.9 Å². The molecule has 4 rings (SSSR count). The van der Waals surface area contributed by atoms with E-state index in [1.54, 1.807) is 31.4 Å². The Morgan fingerprint density at radius 1 is 0.912 bits per heavy atom. The first-order chi connectivity index (χ1) is 16.3. The minimum absolute atomic E-state index is 0.0360. The number of hydrogen-bond donors (Lipinski definition) is 1. The highest BCUT2D eigenvalue weighted by Gasteiger charge is 2.27. The van der Waals surface area contributed by atoms with Crippen molar-refractivity contribution in [2.75, 3.05) is 7.11 Å². The fourth-order valence-electron chi connectivity index (χ4n) is 3.72. The van der Waals surface area contributed by atoms with E-state index in [1.807, 2.05) is 54.7 Å². The number of aromatic nitrogens is 1. The summed E-state index contributed by atoms with van der Waals surface area (Å²) < 4.78 is 12.8. The number of carbonyl (C=O) groups excluding carboxylic acids is 1. The second-order valence-corrected chi connectivity index (χ2v) is 8.67. The van der Waals surface area contributed by atoms with Gasteiger partial charge in [-0.05, 0) is 55.3 Å². The van der Waals surface area contributed by atoms with Crippen molar-refractivity contribution in [3.05, 3.63) is 101 Å². The van der Waals surface area contributed by atoms with Crippen LogP contribution in [0, 0.1) is 0 Å². The molecule has 0 amide bonds. The normalized spacial score (nSPS) is 11.5. The number of nitrogens with zero attached hydrogens (tertiary/aromatic N) is 1. The van der Waals surface area contributed by atoms with Gasteiger partial charge in [0, 0.05) is 34.8 Å². The third kappa shape index (κ3) is 4.87. The summed E-state index contributed by atoms with van der Waals surface area (Å²) in [5.74, 6) is -0.325. The SMILES string of the molecule is COc1ccc(C(=O)c2cn(Cc3ccc(COC(C)(C)C(=O)O)cc3)c3ccccc23)cc1. The Balaban J connectivity index is 1.56. The molecule has 174 valence electrons. The summed E-state index contributed by atoms with van der Waals surface area (Å²) in [5.41, 5.74) is 2.96. The lowest BCUT2D eigenvalue weighted by Crippen LogP contribution is -2.34. The predicted molar refractivity (Wildman–Crippen MR) is 130 cm³/mol. The lowest BCUT2D eigenvalue weighted by atomic mass is 10.0. The maximum absolute atomic E-state index is 13.3. The van der Waals surface area contributed by atoms with Crippen molar-refractivity contribution >= 4 is 22.7 Å². The molecule has 0 unspecified atom stereocenters. The van der Waals surface area contributed by atoms with Crippen molar-refractivity contribution in [1.29, 1.82) is 0 Å². The van der Waals surface area contributed by atoms with Crippen molar-refractivity contribution in [3.8, 4) is 5.75 Å². The molecular weight excluding hydrogens is 430 g/mol. The summed E-state index contributed by atoms with van der Waals surface area (Å²) in [7, 11) is 1.60. The van der Waals surface area contributed by atoms with Gasteiger partial charge < -0.3 is 19.1 Å². The molecule has 0 saturated carbocycles. The largest absolute Gasteiger partial charge is 0.497 e. The number of carboxylic acids is 1. The number of carboxylic acid groups (broad SMARTS) is 1. The van der Waals surface area contributed by atoms with Crippen LogP contribution in [0.5, 0.6) is 5.75 Å². The number of hydrogen-bond acceptors (Lipinski definition) is 4. The van der Waals surface area contributed by atoms with Crippen LogP contribution in [0.2, 0.25) is 0 Å². The molecule has 1 aromatic heterocycles. The van der Waals surface area contributed by atoms with Crippen molar-refractivity contribution in [1.82, 2.24) is 4.57 Å². The number of aliphatic carboxylic acids is 1. The van der Waals surface area contributed by atoms with Crippen LogP contribution in [0.4, 0.5) is 0 Å². The van der Waals surface area contributed by atoms with Gasteiger partial charge in [0.05, 0.1) is 13.7 Å². The fraction of sp³-hybridized carbons (Fsp3) is 0.214. The highest BCUT2D eigenvalue weighted by Crippen LogP contribution is 2.26. The molecule has 1 heterocycles. The third-order valence-electron chi connectivity index (χ3n) is 5.88. The maximum atomic E-state index is 13.3. The van der Waals surface area contributed by atoms with E-state index in [0.717, 1.165) is 22.0 Å². The number of benzene rings is 3. The van der Waals surface area contributed by atoms with Gasteiger partial charge >= 0.3 is 5.97 Å². The van der Waals surface area contributed by atoms with E-state index in [-0.39, 0.29) is 12.4 Å². The second-order valence-electron chi connectivity index (χ2n) is 8.67.